The van der Waals surface area contributed by atoms with E-state index < -0.39 is 4.92 Å². The Labute approximate surface area is 118 Å². The van der Waals surface area contributed by atoms with Crippen molar-refractivity contribution in [3.05, 3.63) is 16.4 Å². The number of fused-ring (bicyclic) bond motifs is 2. The summed E-state index contributed by atoms with van der Waals surface area (Å²) in [5, 5.41) is 14.2. The van der Waals surface area contributed by atoms with Gasteiger partial charge in [-0.3, -0.25) is 4.57 Å². The molecule has 7 nitrogen and oxygen atoms in total. The summed E-state index contributed by atoms with van der Waals surface area (Å²) in [6.45, 7) is 0.793. The van der Waals surface area contributed by atoms with Gasteiger partial charge in [0.2, 0.25) is 12.1 Å². The Kier molecular flexibility index (Phi) is 3.37. The summed E-state index contributed by atoms with van der Waals surface area (Å²) in [4.78, 5) is 16.8. The SMILES string of the molecule is CN1C2CCC1CC(CNc1c([N+](=O)[O-])ncn1C)C2. The maximum absolute atomic E-state index is 10.9. The summed E-state index contributed by atoms with van der Waals surface area (Å²) in [6.07, 6.45) is 6.45. The van der Waals surface area contributed by atoms with Gasteiger partial charge in [0.1, 0.15) is 0 Å². The van der Waals surface area contributed by atoms with Crippen molar-refractivity contribution in [1.82, 2.24) is 14.5 Å². The van der Waals surface area contributed by atoms with Crippen molar-refractivity contribution >= 4 is 11.6 Å². The summed E-state index contributed by atoms with van der Waals surface area (Å²) in [7, 11) is 4.00. The Morgan fingerprint density at radius 1 is 1.40 bits per heavy atom. The summed E-state index contributed by atoms with van der Waals surface area (Å²) < 4.78 is 1.68. The summed E-state index contributed by atoms with van der Waals surface area (Å²) in [5.74, 6) is 1.03. The van der Waals surface area contributed by atoms with E-state index in [2.05, 4.69) is 22.2 Å². The zero-order chi connectivity index (χ0) is 14.3. The second-order valence-corrected chi connectivity index (χ2v) is 6.05. The van der Waals surface area contributed by atoms with Gasteiger partial charge in [-0.15, -0.1) is 0 Å². The van der Waals surface area contributed by atoms with Crippen molar-refractivity contribution in [1.29, 1.82) is 0 Å². The Morgan fingerprint density at radius 3 is 2.65 bits per heavy atom. The summed E-state index contributed by atoms with van der Waals surface area (Å²) in [6, 6.07) is 1.39. The third kappa shape index (κ3) is 2.26. The van der Waals surface area contributed by atoms with Gasteiger partial charge in [0.05, 0.1) is 0 Å². The van der Waals surface area contributed by atoms with Gasteiger partial charge in [-0.05, 0) is 48.6 Å². The van der Waals surface area contributed by atoms with Crippen molar-refractivity contribution in [2.75, 3.05) is 18.9 Å². The molecule has 0 aliphatic carbocycles. The smallest absolute Gasteiger partial charge is 0.364 e. The second-order valence-electron chi connectivity index (χ2n) is 6.05. The molecule has 2 fully saturated rings. The van der Waals surface area contributed by atoms with E-state index in [1.807, 2.05) is 0 Å². The normalized spacial score (nSPS) is 29.6. The maximum atomic E-state index is 10.9. The molecule has 3 heterocycles. The van der Waals surface area contributed by atoms with E-state index in [1.54, 1.807) is 11.6 Å². The van der Waals surface area contributed by atoms with Crippen LogP contribution in [0.15, 0.2) is 6.33 Å². The van der Waals surface area contributed by atoms with Gasteiger partial charge in [0, 0.05) is 25.7 Å². The van der Waals surface area contributed by atoms with Crippen molar-refractivity contribution in [3.63, 3.8) is 0 Å². The molecule has 0 radical (unpaired) electrons. The monoisotopic (exact) mass is 279 g/mol. The molecule has 7 heteroatoms. The molecule has 2 unspecified atom stereocenters. The van der Waals surface area contributed by atoms with Crippen LogP contribution in [0.3, 0.4) is 0 Å². The third-order valence-electron chi connectivity index (χ3n) is 4.84. The van der Waals surface area contributed by atoms with Crippen molar-refractivity contribution in [2.24, 2.45) is 13.0 Å². The molecule has 1 aromatic rings. The largest absolute Gasteiger partial charge is 0.406 e. The Balaban J connectivity index is 1.63. The molecule has 0 spiro atoms. The lowest BCUT2D eigenvalue weighted by Crippen LogP contribution is -2.41. The van der Waals surface area contributed by atoms with E-state index in [-0.39, 0.29) is 5.82 Å². The average molecular weight is 279 g/mol. The van der Waals surface area contributed by atoms with Gasteiger partial charge < -0.3 is 20.3 Å². The highest BCUT2D eigenvalue weighted by Crippen LogP contribution is 2.37. The molecule has 1 N–H and O–H groups in total. The Hall–Kier alpha value is -1.63. The molecule has 2 aliphatic rings. The predicted octanol–water partition coefficient (Wildman–Crippen LogP) is 1.61. The van der Waals surface area contributed by atoms with E-state index in [0.29, 0.717) is 23.8 Å². The molecule has 110 valence electrons. The van der Waals surface area contributed by atoms with Crippen LogP contribution in [0.2, 0.25) is 0 Å². The minimum absolute atomic E-state index is 0.0802. The molecule has 1 aromatic heterocycles. The number of rotatable bonds is 4. The van der Waals surface area contributed by atoms with Gasteiger partial charge >= 0.3 is 5.82 Å². The topological polar surface area (TPSA) is 76.2 Å². The number of nitro groups is 1. The zero-order valence-corrected chi connectivity index (χ0v) is 12.0. The fraction of sp³-hybridized carbons (Fsp3) is 0.769. The summed E-state index contributed by atoms with van der Waals surface area (Å²) >= 11 is 0. The van der Waals surface area contributed by atoms with Crippen molar-refractivity contribution in [3.8, 4) is 0 Å². The average Bonchev–Trinajstić information content (AvgIpc) is 2.84. The molecule has 0 saturated carbocycles. The van der Waals surface area contributed by atoms with E-state index in [0.717, 1.165) is 6.54 Å². The molecular formula is C13H21N5O2. The van der Waals surface area contributed by atoms with Crippen LogP contribution in [0.5, 0.6) is 0 Å². The van der Waals surface area contributed by atoms with Crippen LogP contribution in [0.4, 0.5) is 11.6 Å². The standard InChI is InChI=1S/C13H21N5O2/c1-16-8-15-13(18(19)20)12(16)14-7-9-5-10-3-4-11(6-9)17(10)2/h8-11,14H,3-7H2,1-2H3. The summed E-state index contributed by atoms with van der Waals surface area (Å²) in [5.41, 5.74) is 0. The molecule has 2 aliphatic heterocycles. The van der Waals surface area contributed by atoms with Gasteiger partial charge in [-0.1, -0.05) is 0 Å². The second kappa shape index (κ2) is 5.05. The number of piperidine rings is 1. The fourth-order valence-electron chi connectivity index (χ4n) is 3.69. The highest BCUT2D eigenvalue weighted by molar-refractivity contribution is 5.51. The van der Waals surface area contributed by atoms with Crippen molar-refractivity contribution < 1.29 is 4.92 Å². The lowest BCUT2D eigenvalue weighted by atomic mass is 9.91. The quantitative estimate of drug-likeness (QED) is 0.669. The van der Waals surface area contributed by atoms with Crippen molar-refractivity contribution in [2.45, 2.75) is 37.8 Å². The molecular weight excluding hydrogens is 258 g/mol. The fourth-order valence-corrected chi connectivity index (χ4v) is 3.69. The number of hydrogen-bond donors (Lipinski definition) is 1. The van der Waals surface area contributed by atoms with Gasteiger partial charge in [-0.25, -0.2) is 0 Å². The highest BCUT2D eigenvalue weighted by atomic mass is 16.6. The third-order valence-corrected chi connectivity index (χ3v) is 4.84. The van der Waals surface area contributed by atoms with Gasteiger partial charge in [0.25, 0.3) is 0 Å². The molecule has 20 heavy (non-hydrogen) atoms. The predicted molar refractivity (Wildman–Crippen MR) is 75.6 cm³/mol. The van der Waals surface area contributed by atoms with E-state index >= 15 is 0 Å². The zero-order valence-electron chi connectivity index (χ0n) is 12.0. The number of imidazole rings is 1. The molecule has 2 saturated heterocycles. The molecule has 2 bridgehead atoms. The van der Waals surface area contributed by atoms with E-state index in [4.69, 9.17) is 0 Å². The number of hydrogen-bond acceptors (Lipinski definition) is 5. The minimum Gasteiger partial charge on any atom is -0.364 e. The van der Waals surface area contributed by atoms with Crippen LogP contribution in [0.1, 0.15) is 25.7 Å². The molecule has 0 aromatic carbocycles. The van der Waals surface area contributed by atoms with Crippen LogP contribution < -0.4 is 5.32 Å². The number of anilines is 1. The van der Waals surface area contributed by atoms with E-state index in [9.17, 15) is 10.1 Å². The van der Waals surface area contributed by atoms with E-state index in [1.165, 1.54) is 32.0 Å². The minimum atomic E-state index is -0.430. The molecule has 0 amide bonds. The van der Waals surface area contributed by atoms with Gasteiger partial charge in [0.15, 0.2) is 0 Å². The van der Waals surface area contributed by atoms with Crippen LogP contribution in [-0.4, -0.2) is 45.1 Å². The first-order chi connectivity index (χ1) is 9.56. The first-order valence-corrected chi connectivity index (χ1v) is 7.17. The first-order valence-electron chi connectivity index (χ1n) is 7.17. The maximum Gasteiger partial charge on any atom is 0.406 e. The number of aromatic nitrogens is 2. The van der Waals surface area contributed by atoms with Gasteiger partial charge in [-0.2, -0.15) is 0 Å². The molecule has 2 atom stereocenters. The highest BCUT2D eigenvalue weighted by Gasteiger charge is 2.38. The van der Waals surface area contributed by atoms with Crippen LogP contribution in [0.25, 0.3) is 0 Å². The Bertz CT molecular complexity index is 501. The Morgan fingerprint density at radius 2 is 2.05 bits per heavy atom. The lowest BCUT2D eigenvalue weighted by molar-refractivity contribution is -0.388. The first kappa shape index (κ1) is 13.4. The number of nitrogens with one attached hydrogen (secondary N) is 1. The van der Waals surface area contributed by atoms with Crippen LogP contribution >= 0.6 is 0 Å². The van der Waals surface area contributed by atoms with Crippen LogP contribution in [-0.2, 0) is 7.05 Å². The lowest BCUT2D eigenvalue weighted by Gasteiger charge is -2.36. The number of aryl methyl sites for hydroxylation is 1. The van der Waals surface area contributed by atoms with Crippen LogP contribution in [0, 0.1) is 16.0 Å². The molecule has 3 rings (SSSR count). The number of nitrogens with zero attached hydrogens (tertiary/aromatic N) is 4.